The van der Waals surface area contributed by atoms with Gasteiger partial charge in [-0.25, -0.2) is 0 Å². The monoisotopic (exact) mass is 432 g/mol. The molecule has 164 valence electrons. The molecule has 0 spiro atoms. The first-order valence-electron chi connectivity index (χ1n) is 10.6. The Kier molecular flexibility index (Phi) is 6.29. The molecule has 3 N–H and O–H groups in total. The molecule has 0 radical (unpaired) electrons. The van der Waals surface area contributed by atoms with E-state index in [-0.39, 0.29) is 23.2 Å². The molecule has 0 aliphatic carbocycles. The molecule has 0 unspecified atom stereocenters. The third kappa shape index (κ3) is 4.11. The van der Waals surface area contributed by atoms with E-state index in [1.165, 1.54) is 0 Å². The number of nitrogens with zero attached hydrogens (tertiary/aromatic N) is 6. The molecule has 0 atom stereocenters. The Balaban J connectivity index is 1.77. The molecule has 3 heterocycles. The standard InChI is InChI=1S/C22H24N8O2/c1-2-3-8-25-21(31)20-19(28-29-23)17-7-4-6-16(18(17)26-27-20)14-11-15(13-24-12-14)22(32)30-9-5-10-30/h4,6-7,11-13H,2-3,5,8-10H2,1H3,(H,25,31)(H2,23,26,28). The van der Waals surface area contributed by atoms with E-state index < -0.39 is 0 Å². The normalized spacial score (nSPS) is 13.3. The summed E-state index contributed by atoms with van der Waals surface area (Å²) >= 11 is 0. The van der Waals surface area contributed by atoms with E-state index in [2.05, 4.69) is 30.8 Å². The number of aromatic nitrogens is 3. The molecule has 3 aromatic rings. The topological polar surface area (TPSA) is 139 Å². The number of amides is 2. The zero-order chi connectivity index (χ0) is 22.5. The zero-order valence-electron chi connectivity index (χ0n) is 17.8. The van der Waals surface area contributed by atoms with Crippen molar-refractivity contribution < 1.29 is 9.59 Å². The second kappa shape index (κ2) is 9.46. The van der Waals surface area contributed by atoms with Crippen LogP contribution in [-0.4, -0.2) is 51.5 Å². The Bertz CT molecular complexity index is 1190. The number of pyridine rings is 1. The fourth-order valence-corrected chi connectivity index (χ4v) is 3.53. The minimum absolute atomic E-state index is 0.0411. The Morgan fingerprint density at radius 1 is 1.22 bits per heavy atom. The molecule has 1 aliphatic heterocycles. The summed E-state index contributed by atoms with van der Waals surface area (Å²) in [5.41, 5.74) is 2.75. The van der Waals surface area contributed by atoms with E-state index in [1.807, 2.05) is 19.1 Å². The highest BCUT2D eigenvalue weighted by molar-refractivity contribution is 6.07. The Labute approximate surface area is 184 Å². The molecule has 10 nitrogen and oxygen atoms in total. The molecule has 1 aromatic carbocycles. The van der Waals surface area contributed by atoms with Gasteiger partial charge >= 0.3 is 0 Å². The van der Waals surface area contributed by atoms with Gasteiger partial charge in [-0.15, -0.1) is 15.3 Å². The number of likely N-dealkylation sites (tertiary alicyclic amines) is 1. The first-order valence-corrected chi connectivity index (χ1v) is 10.6. The van der Waals surface area contributed by atoms with Crippen LogP contribution in [0.25, 0.3) is 22.0 Å². The van der Waals surface area contributed by atoms with Crippen molar-refractivity contribution in [2.45, 2.75) is 26.2 Å². The maximum atomic E-state index is 12.6. The first kappa shape index (κ1) is 21.3. The quantitative estimate of drug-likeness (QED) is 0.255. The Hall–Kier alpha value is -3.95. The Morgan fingerprint density at radius 3 is 2.78 bits per heavy atom. The van der Waals surface area contributed by atoms with Gasteiger partial charge in [0.2, 0.25) is 0 Å². The summed E-state index contributed by atoms with van der Waals surface area (Å²) in [6.45, 7) is 4.09. The fourth-order valence-electron chi connectivity index (χ4n) is 3.53. The smallest absolute Gasteiger partial charge is 0.274 e. The molecule has 1 aliphatic rings. The van der Waals surface area contributed by atoms with E-state index in [4.69, 9.17) is 5.84 Å². The lowest BCUT2D eigenvalue weighted by Gasteiger charge is -2.30. The molecule has 0 saturated carbocycles. The minimum atomic E-state index is -0.385. The van der Waals surface area contributed by atoms with E-state index in [1.54, 1.807) is 29.4 Å². The lowest BCUT2D eigenvalue weighted by Crippen LogP contribution is -2.42. The van der Waals surface area contributed by atoms with Crippen molar-refractivity contribution in [1.82, 2.24) is 25.4 Å². The number of benzene rings is 1. The highest BCUT2D eigenvalue weighted by Crippen LogP contribution is 2.34. The molecule has 1 saturated heterocycles. The van der Waals surface area contributed by atoms with Gasteiger partial charge in [-0.05, 0) is 18.9 Å². The van der Waals surface area contributed by atoms with Gasteiger partial charge in [0.05, 0.1) is 5.56 Å². The average Bonchev–Trinajstić information content (AvgIpc) is 2.78. The van der Waals surface area contributed by atoms with Crippen molar-refractivity contribution in [2.75, 3.05) is 19.6 Å². The average molecular weight is 432 g/mol. The number of fused-ring (bicyclic) bond motifs is 1. The van der Waals surface area contributed by atoms with Gasteiger partial charge in [0.1, 0.15) is 11.2 Å². The maximum absolute atomic E-state index is 12.6. The highest BCUT2D eigenvalue weighted by Gasteiger charge is 2.23. The van der Waals surface area contributed by atoms with Crippen LogP contribution in [0.15, 0.2) is 47.0 Å². The Morgan fingerprint density at radius 2 is 2.06 bits per heavy atom. The van der Waals surface area contributed by atoms with Crippen LogP contribution in [0.4, 0.5) is 5.69 Å². The number of carbonyl (C=O) groups is 2. The van der Waals surface area contributed by atoms with Gasteiger partial charge in [-0.2, -0.15) is 0 Å². The van der Waals surface area contributed by atoms with Crippen LogP contribution in [0.3, 0.4) is 0 Å². The molecule has 10 heteroatoms. The number of rotatable bonds is 7. The van der Waals surface area contributed by atoms with Crippen molar-refractivity contribution in [3.05, 3.63) is 47.9 Å². The molecule has 1 fully saturated rings. The second-order valence-electron chi connectivity index (χ2n) is 7.53. The molecular formula is C22H24N8O2. The van der Waals surface area contributed by atoms with Gasteiger partial charge in [0, 0.05) is 48.5 Å². The number of hydrogen-bond acceptors (Lipinski definition) is 7. The van der Waals surface area contributed by atoms with E-state index in [0.717, 1.165) is 32.4 Å². The molecule has 2 amide bonds. The van der Waals surface area contributed by atoms with Gasteiger partial charge in [0.25, 0.3) is 11.8 Å². The van der Waals surface area contributed by atoms with Crippen molar-refractivity contribution in [3.63, 3.8) is 0 Å². The number of carbonyl (C=O) groups excluding carboxylic acids is 2. The third-order valence-corrected chi connectivity index (χ3v) is 5.39. The number of hydrogen-bond donors (Lipinski definition) is 2. The summed E-state index contributed by atoms with van der Waals surface area (Å²) in [7, 11) is 0. The third-order valence-electron chi connectivity index (χ3n) is 5.39. The van der Waals surface area contributed by atoms with Gasteiger partial charge in [-0.1, -0.05) is 36.8 Å². The minimum Gasteiger partial charge on any atom is -0.351 e. The van der Waals surface area contributed by atoms with Crippen LogP contribution < -0.4 is 11.2 Å². The van der Waals surface area contributed by atoms with Crippen molar-refractivity contribution in [1.29, 1.82) is 0 Å². The fraction of sp³-hybridized carbons (Fsp3) is 0.318. The number of nitrogens with one attached hydrogen (secondary N) is 1. The van der Waals surface area contributed by atoms with Gasteiger partial charge < -0.3 is 16.1 Å². The van der Waals surface area contributed by atoms with Crippen LogP contribution in [0.5, 0.6) is 0 Å². The van der Waals surface area contributed by atoms with Crippen LogP contribution in [0.1, 0.15) is 47.0 Å². The number of nitrogens with two attached hydrogens (primary N) is 1. The van der Waals surface area contributed by atoms with E-state index in [9.17, 15) is 9.59 Å². The van der Waals surface area contributed by atoms with Gasteiger partial charge in [0.15, 0.2) is 5.69 Å². The van der Waals surface area contributed by atoms with Crippen molar-refractivity contribution in [3.8, 4) is 11.1 Å². The van der Waals surface area contributed by atoms with Gasteiger partial charge in [-0.3, -0.25) is 14.6 Å². The summed E-state index contributed by atoms with van der Waals surface area (Å²) in [5, 5.41) is 19.2. The zero-order valence-corrected chi connectivity index (χ0v) is 17.8. The molecule has 32 heavy (non-hydrogen) atoms. The summed E-state index contributed by atoms with van der Waals surface area (Å²) < 4.78 is 0. The summed E-state index contributed by atoms with van der Waals surface area (Å²) in [6.07, 6.45) is 6.05. The molecule has 0 bridgehead atoms. The highest BCUT2D eigenvalue weighted by atomic mass is 16.2. The van der Waals surface area contributed by atoms with Crippen LogP contribution in [0, 0.1) is 0 Å². The summed E-state index contributed by atoms with van der Waals surface area (Å²) in [6, 6.07) is 7.25. The predicted molar refractivity (Wildman–Crippen MR) is 119 cm³/mol. The second-order valence-corrected chi connectivity index (χ2v) is 7.53. The van der Waals surface area contributed by atoms with Crippen LogP contribution in [0.2, 0.25) is 0 Å². The lowest BCUT2D eigenvalue weighted by atomic mass is 10.0. The van der Waals surface area contributed by atoms with Crippen molar-refractivity contribution >= 4 is 28.4 Å². The van der Waals surface area contributed by atoms with Crippen LogP contribution >= 0.6 is 0 Å². The van der Waals surface area contributed by atoms with Crippen LogP contribution in [-0.2, 0) is 0 Å². The maximum Gasteiger partial charge on any atom is 0.274 e. The lowest BCUT2D eigenvalue weighted by molar-refractivity contribution is 0.0651. The predicted octanol–water partition coefficient (Wildman–Crippen LogP) is 3.03. The first-order chi connectivity index (χ1) is 15.6. The van der Waals surface area contributed by atoms with E-state index >= 15 is 0 Å². The SMILES string of the molecule is CCCCNC(=O)c1nnc2c(-c3cncc(C(=O)N4CCC4)c3)cccc2c1N=NN. The molecule has 4 rings (SSSR count). The number of unbranched alkanes of at least 4 members (excludes halogenated alkanes) is 1. The molecule has 2 aromatic heterocycles. The summed E-state index contributed by atoms with van der Waals surface area (Å²) in [4.78, 5) is 31.3. The van der Waals surface area contributed by atoms with E-state index in [0.29, 0.717) is 34.1 Å². The molecular weight excluding hydrogens is 408 g/mol. The van der Waals surface area contributed by atoms with Crippen molar-refractivity contribution in [2.24, 2.45) is 16.2 Å². The largest absolute Gasteiger partial charge is 0.351 e. The summed E-state index contributed by atoms with van der Waals surface area (Å²) in [5.74, 6) is 4.89.